The molecule has 0 aliphatic heterocycles. The third-order valence-electron chi connectivity index (χ3n) is 4.55. The lowest BCUT2D eigenvalue weighted by Crippen LogP contribution is -2.50. The zero-order valence-corrected chi connectivity index (χ0v) is 17.4. The highest BCUT2D eigenvalue weighted by atomic mass is 16.5. The van der Waals surface area contributed by atoms with Crippen LogP contribution in [0.25, 0.3) is 0 Å². The average molecular weight is 383 g/mol. The maximum atomic E-state index is 13.0. The molecule has 28 heavy (non-hydrogen) atoms. The Morgan fingerprint density at radius 3 is 2.39 bits per heavy atom. The summed E-state index contributed by atoms with van der Waals surface area (Å²) in [6, 6.07) is 14.8. The molecule has 5 heteroatoms. The van der Waals surface area contributed by atoms with Gasteiger partial charge in [0.05, 0.1) is 0 Å². The van der Waals surface area contributed by atoms with Gasteiger partial charge in [-0.1, -0.05) is 36.4 Å². The molecule has 2 aromatic rings. The Kier molecular flexibility index (Phi) is 7.61. The van der Waals surface area contributed by atoms with Gasteiger partial charge in [-0.2, -0.15) is 0 Å². The Balaban J connectivity index is 2.17. The number of nitrogens with one attached hydrogen (secondary N) is 1. The minimum absolute atomic E-state index is 0.00825. The van der Waals surface area contributed by atoms with Crippen molar-refractivity contribution in [3.63, 3.8) is 0 Å². The highest BCUT2D eigenvalue weighted by molar-refractivity contribution is 5.88. The summed E-state index contributed by atoms with van der Waals surface area (Å²) in [5, 5.41) is 2.89. The summed E-state index contributed by atoms with van der Waals surface area (Å²) in [5.41, 5.74) is 3.15. The molecule has 0 spiro atoms. The largest absolute Gasteiger partial charge is 0.484 e. The van der Waals surface area contributed by atoms with E-state index >= 15 is 0 Å². The van der Waals surface area contributed by atoms with Crippen molar-refractivity contribution in [3.05, 3.63) is 65.2 Å². The lowest BCUT2D eigenvalue weighted by molar-refractivity contribution is -0.142. The van der Waals surface area contributed by atoms with Crippen LogP contribution in [0.2, 0.25) is 0 Å². The van der Waals surface area contributed by atoms with Crippen molar-refractivity contribution < 1.29 is 14.3 Å². The fraction of sp³-hybridized carbons (Fsp3) is 0.391. The molecule has 0 heterocycles. The molecule has 0 radical (unpaired) electrons. The fourth-order valence-corrected chi connectivity index (χ4v) is 2.89. The van der Waals surface area contributed by atoms with Gasteiger partial charge in [-0.15, -0.1) is 0 Å². The Bertz CT molecular complexity index is 817. The molecule has 0 aromatic heterocycles. The van der Waals surface area contributed by atoms with Crippen LogP contribution >= 0.6 is 0 Å². The summed E-state index contributed by atoms with van der Waals surface area (Å²) >= 11 is 0. The second-order valence-electron chi connectivity index (χ2n) is 7.39. The smallest absolute Gasteiger partial charge is 0.261 e. The van der Waals surface area contributed by atoms with Gasteiger partial charge in [-0.25, -0.2) is 0 Å². The monoisotopic (exact) mass is 382 g/mol. The molecule has 0 aliphatic rings. The van der Waals surface area contributed by atoms with Crippen LogP contribution in [0.3, 0.4) is 0 Å². The third-order valence-corrected chi connectivity index (χ3v) is 4.55. The van der Waals surface area contributed by atoms with E-state index in [2.05, 4.69) is 5.32 Å². The van der Waals surface area contributed by atoms with Crippen molar-refractivity contribution in [2.45, 2.75) is 53.2 Å². The van der Waals surface area contributed by atoms with E-state index in [0.717, 1.165) is 16.7 Å². The van der Waals surface area contributed by atoms with Gasteiger partial charge in [0.25, 0.3) is 5.91 Å². The number of amides is 2. The standard InChI is InChI=1S/C23H30N2O3/c1-16(2)24-23(27)19(5)25(14-20-11-7-6-10-18(20)4)22(26)15-28-21-12-8-9-17(3)13-21/h6-13,16,19H,14-15H2,1-5H3,(H,24,27). The number of benzene rings is 2. The summed E-state index contributed by atoms with van der Waals surface area (Å²) in [7, 11) is 0. The minimum Gasteiger partial charge on any atom is -0.484 e. The second kappa shape index (κ2) is 9.93. The molecule has 0 saturated carbocycles. The first-order valence-corrected chi connectivity index (χ1v) is 9.61. The number of carbonyl (C=O) groups excluding carboxylic acids is 2. The minimum atomic E-state index is -0.601. The summed E-state index contributed by atoms with van der Waals surface area (Å²) in [6.45, 7) is 9.76. The topological polar surface area (TPSA) is 58.6 Å². The van der Waals surface area contributed by atoms with E-state index in [1.807, 2.05) is 76.2 Å². The number of hydrogen-bond donors (Lipinski definition) is 1. The van der Waals surface area contributed by atoms with E-state index in [9.17, 15) is 9.59 Å². The van der Waals surface area contributed by atoms with Crippen LogP contribution < -0.4 is 10.1 Å². The van der Waals surface area contributed by atoms with Crippen LogP contribution in [0.4, 0.5) is 0 Å². The Labute approximate surface area is 167 Å². The lowest BCUT2D eigenvalue weighted by atomic mass is 10.1. The molecule has 1 unspecified atom stereocenters. The summed E-state index contributed by atoms with van der Waals surface area (Å²) < 4.78 is 5.69. The van der Waals surface area contributed by atoms with Crippen LogP contribution in [0.5, 0.6) is 5.75 Å². The predicted molar refractivity (Wildman–Crippen MR) is 111 cm³/mol. The number of nitrogens with zero attached hydrogens (tertiary/aromatic N) is 1. The fourth-order valence-electron chi connectivity index (χ4n) is 2.89. The number of hydrogen-bond acceptors (Lipinski definition) is 3. The van der Waals surface area contributed by atoms with E-state index in [1.165, 1.54) is 0 Å². The Morgan fingerprint density at radius 1 is 1.04 bits per heavy atom. The molecule has 0 aliphatic carbocycles. The van der Waals surface area contributed by atoms with Crippen molar-refractivity contribution >= 4 is 11.8 Å². The molecule has 5 nitrogen and oxygen atoms in total. The van der Waals surface area contributed by atoms with Crippen LogP contribution in [0.1, 0.15) is 37.5 Å². The van der Waals surface area contributed by atoms with Gasteiger partial charge in [0, 0.05) is 12.6 Å². The van der Waals surface area contributed by atoms with Gasteiger partial charge in [0.1, 0.15) is 11.8 Å². The third kappa shape index (κ3) is 6.12. The van der Waals surface area contributed by atoms with Gasteiger partial charge < -0.3 is 15.0 Å². The molecule has 150 valence electrons. The van der Waals surface area contributed by atoms with E-state index in [1.54, 1.807) is 11.8 Å². The first kappa shape index (κ1) is 21.5. The molecular formula is C23H30N2O3. The van der Waals surface area contributed by atoms with Crippen LogP contribution in [-0.4, -0.2) is 35.4 Å². The van der Waals surface area contributed by atoms with Crippen LogP contribution in [0, 0.1) is 13.8 Å². The molecule has 0 bridgehead atoms. The van der Waals surface area contributed by atoms with Gasteiger partial charge in [0.2, 0.25) is 5.91 Å². The normalized spacial score (nSPS) is 11.8. The van der Waals surface area contributed by atoms with Crippen molar-refractivity contribution in [1.29, 1.82) is 0 Å². The molecule has 0 fully saturated rings. The highest BCUT2D eigenvalue weighted by Gasteiger charge is 2.27. The predicted octanol–water partition coefficient (Wildman–Crippen LogP) is 3.62. The maximum Gasteiger partial charge on any atom is 0.261 e. The molecule has 0 saturated heterocycles. The number of carbonyl (C=O) groups is 2. The molecule has 1 N–H and O–H groups in total. The van der Waals surface area contributed by atoms with Gasteiger partial charge in [-0.3, -0.25) is 9.59 Å². The van der Waals surface area contributed by atoms with E-state index < -0.39 is 6.04 Å². The SMILES string of the molecule is Cc1cccc(OCC(=O)N(Cc2ccccc2C)C(C)C(=O)NC(C)C)c1. The second-order valence-corrected chi connectivity index (χ2v) is 7.39. The quantitative estimate of drug-likeness (QED) is 0.759. The van der Waals surface area contributed by atoms with Gasteiger partial charge in [0.15, 0.2) is 6.61 Å². The molecular weight excluding hydrogens is 352 g/mol. The van der Waals surface area contributed by atoms with E-state index in [4.69, 9.17) is 4.74 Å². The zero-order chi connectivity index (χ0) is 20.7. The maximum absolute atomic E-state index is 13.0. The van der Waals surface area contributed by atoms with Crippen molar-refractivity contribution in [3.8, 4) is 5.75 Å². The molecule has 1 atom stereocenters. The molecule has 2 amide bonds. The number of aryl methyl sites for hydroxylation is 2. The Morgan fingerprint density at radius 2 is 1.75 bits per heavy atom. The van der Waals surface area contributed by atoms with Crippen LogP contribution in [-0.2, 0) is 16.1 Å². The van der Waals surface area contributed by atoms with Crippen molar-refractivity contribution in [2.75, 3.05) is 6.61 Å². The average Bonchev–Trinajstić information content (AvgIpc) is 2.64. The lowest BCUT2D eigenvalue weighted by Gasteiger charge is -2.29. The summed E-state index contributed by atoms with van der Waals surface area (Å²) in [4.78, 5) is 27.1. The molecule has 2 aromatic carbocycles. The number of ether oxygens (including phenoxy) is 1. The number of rotatable bonds is 8. The summed E-state index contributed by atoms with van der Waals surface area (Å²) in [5.74, 6) is 0.243. The first-order valence-electron chi connectivity index (χ1n) is 9.61. The van der Waals surface area contributed by atoms with Crippen molar-refractivity contribution in [2.24, 2.45) is 0 Å². The van der Waals surface area contributed by atoms with Gasteiger partial charge in [-0.05, 0) is 63.4 Å². The van der Waals surface area contributed by atoms with Crippen molar-refractivity contribution in [1.82, 2.24) is 10.2 Å². The van der Waals surface area contributed by atoms with E-state index in [-0.39, 0.29) is 24.5 Å². The van der Waals surface area contributed by atoms with E-state index in [0.29, 0.717) is 12.3 Å². The first-order chi connectivity index (χ1) is 13.3. The molecule has 2 rings (SSSR count). The van der Waals surface area contributed by atoms with Crippen LogP contribution in [0.15, 0.2) is 48.5 Å². The van der Waals surface area contributed by atoms with Gasteiger partial charge >= 0.3 is 0 Å². The Hall–Kier alpha value is -2.82. The highest BCUT2D eigenvalue weighted by Crippen LogP contribution is 2.16. The zero-order valence-electron chi connectivity index (χ0n) is 17.4. The summed E-state index contributed by atoms with van der Waals surface area (Å²) in [6.07, 6.45) is 0.